The van der Waals surface area contributed by atoms with Crippen molar-refractivity contribution in [1.82, 2.24) is 9.44 Å². The van der Waals surface area contributed by atoms with Crippen LogP contribution in [0.1, 0.15) is 0 Å². The number of nitrogens with one attached hydrogen (secondary N) is 2. The van der Waals surface area contributed by atoms with E-state index in [1.165, 1.54) is 0 Å². The fourth-order valence-corrected chi connectivity index (χ4v) is 16.5. The molecule has 0 aromatic rings. The number of carbonyl (C=O) groups is 1. The summed E-state index contributed by atoms with van der Waals surface area (Å²) < 4.78 is 130. The van der Waals surface area contributed by atoms with Crippen molar-refractivity contribution in [3.63, 3.8) is 0 Å². The van der Waals surface area contributed by atoms with Crippen LogP contribution in [0.25, 0.3) is 0 Å². The molecule has 0 saturated carbocycles. The van der Waals surface area contributed by atoms with Crippen molar-refractivity contribution in [2.45, 2.75) is 18.9 Å². The zero-order valence-corrected chi connectivity index (χ0v) is 18.9. The lowest BCUT2D eigenvalue weighted by Crippen LogP contribution is -2.73. The average molecular weight is 561 g/mol. The molecule has 28 heavy (non-hydrogen) atoms. The summed E-state index contributed by atoms with van der Waals surface area (Å²) in [6.07, 6.45) is 0. The number of rotatable bonds is 6. The van der Waals surface area contributed by atoms with Gasteiger partial charge in [-0.2, -0.15) is 33.7 Å². The molecule has 4 unspecified atom stereocenters. The van der Waals surface area contributed by atoms with E-state index in [2.05, 4.69) is 0 Å². The van der Waals surface area contributed by atoms with Crippen molar-refractivity contribution in [2.75, 3.05) is 0 Å². The summed E-state index contributed by atoms with van der Waals surface area (Å²) in [5.41, 5.74) is 0. The van der Waals surface area contributed by atoms with E-state index in [1.807, 2.05) is 0 Å². The maximum atomic E-state index is 13.1. The van der Waals surface area contributed by atoms with Crippen LogP contribution in [0.2, 0.25) is 0 Å². The van der Waals surface area contributed by atoms with Crippen LogP contribution in [0, 0.1) is 0 Å². The Morgan fingerprint density at radius 3 is 1.18 bits per heavy atom. The Kier molecular flexibility index (Phi) is 6.54. The molecular formula is C5H8N2O13S8. The van der Waals surface area contributed by atoms with Crippen LogP contribution in [-0.4, -0.2) is 76.6 Å². The molecule has 0 radical (unpaired) electrons. The van der Waals surface area contributed by atoms with Gasteiger partial charge < -0.3 is 0 Å². The van der Waals surface area contributed by atoms with Gasteiger partial charge in [0.2, 0.25) is 15.5 Å². The first-order valence-corrected chi connectivity index (χ1v) is 16.3. The highest BCUT2D eigenvalue weighted by Gasteiger charge is 2.76. The molecule has 2 aliphatic rings. The summed E-state index contributed by atoms with van der Waals surface area (Å²) in [5, 5.41) is 0. The molecule has 0 amide bonds. The Bertz CT molecular complexity index is 1020. The van der Waals surface area contributed by atoms with Crippen LogP contribution >= 0.6 is 43.5 Å². The van der Waals surface area contributed by atoms with Crippen LogP contribution < -0.4 is 9.44 Å². The van der Waals surface area contributed by atoms with Crippen LogP contribution in [0.3, 0.4) is 0 Å². The molecule has 164 valence electrons. The lowest BCUT2D eigenvalue weighted by molar-refractivity contribution is -0.124. The van der Waals surface area contributed by atoms with Gasteiger partial charge in [0.25, 0.3) is 40.5 Å². The molecule has 6 N–H and O–H groups in total. The van der Waals surface area contributed by atoms with E-state index in [1.54, 1.807) is 9.44 Å². The third-order valence-electron chi connectivity index (χ3n) is 3.35. The van der Waals surface area contributed by atoms with E-state index in [0.717, 1.165) is 0 Å². The molecule has 2 heterocycles. The minimum absolute atomic E-state index is 0.0339. The van der Waals surface area contributed by atoms with Crippen molar-refractivity contribution in [3.05, 3.63) is 0 Å². The summed E-state index contributed by atoms with van der Waals surface area (Å²) in [5.74, 6) is -2.43. The minimum atomic E-state index is -5.95. The number of hydrogen-bond acceptors (Lipinski definition) is 15. The van der Waals surface area contributed by atoms with Gasteiger partial charge in [-0.25, -0.2) is 9.44 Å². The summed E-state index contributed by atoms with van der Waals surface area (Å²) >= 11 is 0. The number of ketones is 1. The standard InChI is InChI=1S/C5H8N2O13S8/c8-1(4(27(15,16)17)2(21-23-6-4)25(9,10)11)5(28(18,19)20)3(22-24-7-5)26(12,13)14/h2-3,6-7H,(H,9,10,11)(H,12,13,14)(H,15,16,17)(H,18,19,20). The number of carbonyl (C=O) groups excluding carboxylic acids is 1. The molecule has 0 aromatic carbocycles. The third-order valence-corrected chi connectivity index (χ3v) is 15.7. The van der Waals surface area contributed by atoms with Gasteiger partial charge in [-0.3, -0.25) is 23.0 Å². The van der Waals surface area contributed by atoms with Gasteiger partial charge in [0, 0.05) is 0 Å². The normalized spacial score (nSPS) is 35.1. The summed E-state index contributed by atoms with van der Waals surface area (Å²) in [6.45, 7) is 0. The SMILES string of the molecule is O=C(C1(S(=O)(=O)O)NSSC1S(=O)(=O)O)C1(S(=O)(=O)O)NSSC1S(=O)(=O)O. The molecule has 4 atom stereocenters. The summed E-state index contributed by atoms with van der Waals surface area (Å²) in [7, 11) is -22.8. The molecule has 2 rings (SSSR count). The molecule has 2 saturated heterocycles. The Balaban J connectivity index is 2.94. The van der Waals surface area contributed by atoms with E-state index in [0.29, 0.717) is 0 Å². The Labute approximate surface area is 174 Å². The van der Waals surface area contributed by atoms with E-state index in [4.69, 9.17) is 0 Å². The lowest BCUT2D eigenvalue weighted by atomic mass is 10.1. The second-order valence-corrected chi connectivity index (χ2v) is 16.0. The molecule has 15 nitrogen and oxygen atoms in total. The first-order valence-electron chi connectivity index (χ1n) is 5.94. The van der Waals surface area contributed by atoms with Gasteiger partial charge in [-0.1, -0.05) is 21.6 Å². The van der Waals surface area contributed by atoms with Crippen molar-refractivity contribution in [1.29, 1.82) is 0 Å². The largest absolute Gasteiger partial charge is 0.294 e. The van der Waals surface area contributed by atoms with Crippen LogP contribution in [0.5, 0.6) is 0 Å². The summed E-state index contributed by atoms with van der Waals surface area (Å²) in [6, 6.07) is 0. The first kappa shape index (κ1) is 24.9. The van der Waals surface area contributed by atoms with E-state index >= 15 is 0 Å². The number of hydrogen-bond donors (Lipinski definition) is 6. The molecule has 0 spiro atoms. The fraction of sp³-hybridized carbons (Fsp3) is 0.800. The van der Waals surface area contributed by atoms with Gasteiger partial charge in [0.1, 0.15) is 0 Å². The van der Waals surface area contributed by atoms with Crippen LogP contribution in [-0.2, 0) is 45.3 Å². The van der Waals surface area contributed by atoms with Gasteiger partial charge in [0.15, 0.2) is 9.16 Å². The van der Waals surface area contributed by atoms with Gasteiger partial charge in [-0.05, 0) is 22.0 Å². The zero-order valence-electron chi connectivity index (χ0n) is 12.4. The van der Waals surface area contributed by atoms with Crippen molar-refractivity contribution in [3.8, 4) is 0 Å². The van der Waals surface area contributed by atoms with Crippen molar-refractivity contribution in [2.24, 2.45) is 0 Å². The Hall–Kier alpha value is 0.630. The van der Waals surface area contributed by atoms with Crippen LogP contribution in [0.15, 0.2) is 0 Å². The van der Waals surface area contributed by atoms with E-state index < -0.39 is 65.2 Å². The molecular weight excluding hydrogens is 553 g/mol. The highest BCUT2D eigenvalue weighted by Crippen LogP contribution is 2.53. The minimum Gasteiger partial charge on any atom is -0.293 e. The van der Waals surface area contributed by atoms with Gasteiger partial charge >= 0.3 is 0 Å². The zero-order chi connectivity index (χ0) is 22.0. The molecule has 2 aliphatic heterocycles. The highest BCUT2D eigenvalue weighted by molar-refractivity contribution is 8.78. The van der Waals surface area contributed by atoms with Gasteiger partial charge in [0.05, 0.1) is 0 Å². The summed E-state index contributed by atoms with van der Waals surface area (Å²) in [4.78, 5) is 5.38. The molecule has 0 bridgehead atoms. The lowest BCUT2D eigenvalue weighted by Gasteiger charge is -2.35. The Morgan fingerprint density at radius 1 is 0.679 bits per heavy atom. The quantitative estimate of drug-likeness (QED) is 0.116. The van der Waals surface area contributed by atoms with Crippen molar-refractivity contribution < 1.29 is 56.7 Å². The van der Waals surface area contributed by atoms with Crippen molar-refractivity contribution >= 4 is 89.8 Å². The molecule has 2 fully saturated rings. The van der Waals surface area contributed by atoms with Gasteiger partial charge in [-0.15, -0.1) is 0 Å². The maximum Gasteiger partial charge on any atom is 0.294 e. The third kappa shape index (κ3) is 3.71. The molecule has 0 aliphatic carbocycles. The van der Waals surface area contributed by atoms with E-state index in [-0.39, 0.29) is 43.5 Å². The molecule has 0 aromatic heterocycles. The average Bonchev–Trinajstić information content (AvgIpc) is 3.09. The predicted molar refractivity (Wildman–Crippen MR) is 101 cm³/mol. The van der Waals surface area contributed by atoms with Crippen LogP contribution in [0.4, 0.5) is 0 Å². The van der Waals surface area contributed by atoms with E-state index in [9.17, 15) is 56.7 Å². The fourth-order valence-electron chi connectivity index (χ4n) is 2.18. The monoisotopic (exact) mass is 560 g/mol. The maximum absolute atomic E-state index is 13.1. The molecule has 23 heteroatoms. The Morgan fingerprint density at radius 2 is 0.964 bits per heavy atom. The smallest absolute Gasteiger partial charge is 0.293 e. The predicted octanol–water partition coefficient (Wildman–Crippen LogP) is -2.05. The topological polar surface area (TPSA) is 259 Å². The second kappa shape index (κ2) is 7.35. The second-order valence-electron chi connectivity index (χ2n) is 5.01. The first-order chi connectivity index (χ1) is 12.3. The number of Topliss-reactive ketones (excluding diaryl/α,β-unsaturated/α-hetero) is 1. The highest BCUT2D eigenvalue weighted by atomic mass is 33.1.